The van der Waals surface area contributed by atoms with Crippen molar-refractivity contribution in [2.24, 2.45) is 0 Å². The van der Waals surface area contributed by atoms with Crippen LogP contribution in [0.5, 0.6) is 17.2 Å². The van der Waals surface area contributed by atoms with Gasteiger partial charge in [0.05, 0.1) is 42.7 Å². The number of carbonyl (C=O) groups is 1. The fourth-order valence-electron chi connectivity index (χ4n) is 4.30. The third-order valence-electron chi connectivity index (χ3n) is 5.91. The molecule has 7 nitrogen and oxygen atoms in total. The van der Waals surface area contributed by atoms with Crippen molar-refractivity contribution in [1.29, 1.82) is 0 Å². The maximum Gasteiger partial charge on any atom is 0.260 e. The highest BCUT2D eigenvalue weighted by molar-refractivity contribution is 7.22. The minimum absolute atomic E-state index is 0.0166. The first-order chi connectivity index (χ1) is 17.1. The van der Waals surface area contributed by atoms with Crippen LogP contribution in [0.1, 0.15) is 56.5 Å². The van der Waals surface area contributed by atoms with Gasteiger partial charge in [-0.3, -0.25) is 9.69 Å². The van der Waals surface area contributed by atoms with Gasteiger partial charge < -0.3 is 18.9 Å². The fraction of sp³-hybridized carbons (Fsp3) is 0.481. The number of hydrogen-bond donors (Lipinski definition) is 0. The Morgan fingerprint density at radius 3 is 2.40 bits per heavy atom. The Hall–Kier alpha value is -2.84. The van der Waals surface area contributed by atoms with Crippen LogP contribution in [0.2, 0.25) is 0 Å². The molecule has 1 fully saturated rings. The number of aryl methyl sites for hydroxylation is 1. The number of fused-ring (bicyclic) bond motifs is 1. The molecular formula is C27H34N2O5S. The van der Waals surface area contributed by atoms with Gasteiger partial charge in [0, 0.05) is 12.2 Å². The summed E-state index contributed by atoms with van der Waals surface area (Å²) in [6.07, 6.45) is 2.79. The predicted molar refractivity (Wildman–Crippen MR) is 140 cm³/mol. The number of anilines is 1. The molecule has 1 aliphatic heterocycles. The third kappa shape index (κ3) is 5.54. The summed E-state index contributed by atoms with van der Waals surface area (Å²) in [7, 11) is 0. The van der Waals surface area contributed by atoms with E-state index in [-0.39, 0.29) is 12.0 Å². The lowest BCUT2D eigenvalue weighted by Gasteiger charge is -2.24. The standard InChI is InChI=1S/C27H34N2O5S/c1-5-18-11-9-13-23-24(18)28-27(35-23)29(17-20-12-10-14-34-20)26(30)19-15-21(31-6-2)25(33-8-4)22(16-19)32-7-3/h9,11,13,15-16,20H,5-8,10,12,14,17H2,1-4H3. The van der Waals surface area contributed by atoms with E-state index in [1.807, 2.05) is 26.8 Å². The first kappa shape index (κ1) is 25.3. The SMILES string of the molecule is CCOc1cc(C(=O)N(CC2CCCO2)c2nc3c(CC)cccc3s2)cc(OCC)c1OCC. The summed E-state index contributed by atoms with van der Waals surface area (Å²) >= 11 is 1.53. The van der Waals surface area contributed by atoms with Crippen molar-refractivity contribution in [3.63, 3.8) is 0 Å². The number of rotatable bonds is 11. The Morgan fingerprint density at radius 2 is 1.80 bits per heavy atom. The molecule has 1 amide bonds. The van der Waals surface area contributed by atoms with E-state index < -0.39 is 0 Å². The number of para-hydroxylation sites is 1. The number of benzene rings is 2. The molecule has 2 heterocycles. The first-order valence-electron chi connectivity index (χ1n) is 12.5. The Balaban J connectivity index is 1.78. The molecule has 0 radical (unpaired) electrons. The second kappa shape index (κ2) is 11.7. The highest BCUT2D eigenvalue weighted by Crippen LogP contribution is 2.40. The molecule has 1 unspecified atom stereocenters. The summed E-state index contributed by atoms with van der Waals surface area (Å²) < 4.78 is 24.5. The molecule has 1 aromatic heterocycles. The number of thiazole rings is 1. The van der Waals surface area contributed by atoms with Crippen molar-refractivity contribution in [2.45, 2.75) is 53.1 Å². The van der Waals surface area contributed by atoms with E-state index in [1.165, 1.54) is 16.9 Å². The Labute approximate surface area is 211 Å². The van der Waals surface area contributed by atoms with Crippen molar-refractivity contribution in [1.82, 2.24) is 4.98 Å². The van der Waals surface area contributed by atoms with Gasteiger partial charge in [-0.2, -0.15) is 0 Å². The van der Waals surface area contributed by atoms with Crippen LogP contribution in [-0.2, 0) is 11.2 Å². The van der Waals surface area contributed by atoms with E-state index in [4.69, 9.17) is 23.9 Å². The van der Waals surface area contributed by atoms with E-state index in [0.717, 1.165) is 36.1 Å². The zero-order chi connectivity index (χ0) is 24.8. The minimum Gasteiger partial charge on any atom is -0.490 e. The lowest BCUT2D eigenvalue weighted by atomic mass is 10.1. The van der Waals surface area contributed by atoms with Crippen LogP contribution in [0.4, 0.5) is 5.13 Å². The molecule has 35 heavy (non-hydrogen) atoms. The van der Waals surface area contributed by atoms with Crippen LogP contribution in [-0.4, -0.2) is 50.0 Å². The lowest BCUT2D eigenvalue weighted by Crippen LogP contribution is -2.37. The molecule has 0 spiro atoms. The summed E-state index contributed by atoms with van der Waals surface area (Å²) in [6, 6.07) is 9.68. The van der Waals surface area contributed by atoms with Gasteiger partial charge in [-0.1, -0.05) is 30.4 Å². The van der Waals surface area contributed by atoms with Gasteiger partial charge >= 0.3 is 0 Å². The van der Waals surface area contributed by atoms with Crippen LogP contribution in [0.3, 0.4) is 0 Å². The monoisotopic (exact) mass is 498 g/mol. The van der Waals surface area contributed by atoms with Crippen LogP contribution in [0.15, 0.2) is 30.3 Å². The Kier molecular flexibility index (Phi) is 8.46. The van der Waals surface area contributed by atoms with Gasteiger partial charge in [-0.15, -0.1) is 0 Å². The average molecular weight is 499 g/mol. The van der Waals surface area contributed by atoms with Crippen LogP contribution >= 0.6 is 11.3 Å². The molecule has 1 atom stereocenters. The van der Waals surface area contributed by atoms with Crippen LogP contribution in [0, 0.1) is 0 Å². The quantitative estimate of drug-likeness (QED) is 0.329. The maximum atomic E-state index is 14.0. The number of nitrogens with zero attached hydrogens (tertiary/aromatic N) is 2. The number of ether oxygens (including phenoxy) is 4. The molecule has 0 saturated carbocycles. The van der Waals surface area contributed by atoms with E-state index in [9.17, 15) is 4.79 Å². The van der Waals surface area contributed by atoms with Gasteiger partial charge in [0.25, 0.3) is 5.91 Å². The van der Waals surface area contributed by atoms with Gasteiger partial charge in [0.2, 0.25) is 5.75 Å². The van der Waals surface area contributed by atoms with Crippen molar-refractivity contribution in [2.75, 3.05) is 37.9 Å². The zero-order valence-corrected chi connectivity index (χ0v) is 21.8. The molecule has 8 heteroatoms. The van der Waals surface area contributed by atoms with Gasteiger partial charge in [0.1, 0.15) is 0 Å². The number of aromatic nitrogens is 1. The van der Waals surface area contributed by atoms with Crippen molar-refractivity contribution < 1.29 is 23.7 Å². The highest BCUT2D eigenvalue weighted by atomic mass is 32.1. The molecular weight excluding hydrogens is 464 g/mol. The highest BCUT2D eigenvalue weighted by Gasteiger charge is 2.29. The molecule has 4 rings (SSSR count). The molecule has 0 bridgehead atoms. The normalized spacial score (nSPS) is 15.4. The number of amides is 1. The Bertz CT molecular complexity index is 1130. The van der Waals surface area contributed by atoms with Gasteiger partial charge in [-0.05, 0) is 63.8 Å². The summed E-state index contributed by atoms with van der Waals surface area (Å²) in [5, 5.41) is 0.672. The minimum atomic E-state index is -0.164. The molecule has 1 aliphatic rings. The third-order valence-corrected chi connectivity index (χ3v) is 6.96. The zero-order valence-electron chi connectivity index (χ0n) is 21.0. The Morgan fingerprint density at radius 1 is 1.09 bits per heavy atom. The largest absolute Gasteiger partial charge is 0.490 e. The molecule has 1 saturated heterocycles. The van der Waals surface area contributed by atoms with E-state index in [1.54, 1.807) is 17.0 Å². The maximum absolute atomic E-state index is 14.0. The second-order valence-electron chi connectivity index (χ2n) is 8.27. The van der Waals surface area contributed by atoms with E-state index in [0.29, 0.717) is 54.3 Å². The summed E-state index contributed by atoms with van der Waals surface area (Å²) in [5.74, 6) is 1.35. The summed E-state index contributed by atoms with van der Waals surface area (Å²) in [6.45, 7) is 10.4. The van der Waals surface area contributed by atoms with Gasteiger partial charge in [0.15, 0.2) is 16.6 Å². The van der Waals surface area contributed by atoms with Crippen molar-refractivity contribution >= 4 is 32.6 Å². The lowest BCUT2D eigenvalue weighted by molar-refractivity contribution is 0.0916. The summed E-state index contributed by atoms with van der Waals surface area (Å²) in [5.41, 5.74) is 2.60. The topological polar surface area (TPSA) is 70.1 Å². The van der Waals surface area contributed by atoms with Crippen molar-refractivity contribution in [3.8, 4) is 17.2 Å². The van der Waals surface area contributed by atoms with E-state index >= 15 is 0 Å². The fourth-order valence-corrected chi connectivity index (χ4v) is 5.32. The molecule has 0 aliphatic carbocycles. The number of hydrogen-bond acceptors (Lipinski definition) is 7. The summed E-state index contributed by atoms with van der Waals surface area (Å²) in [4.78, 5) is 20.7. The van der Waals surface area contributed by atoms with Gasteiger partial charge in [-0.25, -0.2) is 4.98 Å². The smallest absolute Gasteiger partial charge is 0.260 e. The predicted octanol–water partition coefficient (Wildman–Crippen LogP) is 5.88. The molecule has 188 valence electrons. The van der Waals surface area contributed by atoms with E-state index in [2.05, 4.69) is 19.1 Å². The number of carbonyl (C=O) groups excluding carboxylic acids is 1. The first-order valence-corrected chi connectivity index (χ1v) is 13.3. The average Bonchev–Trinajstić information content (AvgIpc) is 3.53. The molecule has 0 N–H and O–H groups in total. The van der Waals surface area contributed by atoms with Crippen molar-refractivity contribution in [3.05, 3.63) is 41.5 Å². The second-order valence-corrected chi connectivity index (χ2v) is 9.27. The van der Waals surface area contributed by atoms with Crippen LogP contribution < -0.4 is 19.1 Å². The molecule has 3 aromatic rings. The van der Waals surface area contributed by atoms with Crippen LogP contribution in [0.25, 0.3) is 10.2 Å². The molecule has 2 aromatic carbocycles.